The number of hydrogen-bond donors (Lipinski definition) is 0. The molecule has 0 bridgehead atoms. The highest BCUT2D eigenvalue weighted by molar-refractivity contribution is 7.12. The Bertz CT molecular complexity index is 290. The average Bonchev–Trinajstić information content (AvgIpc) is 2.33. The Morgan fingerprint density at radius 2 is 2.00 bits per heavy atom. The van der Waals surface area contributed by atoms with Gasteiger partial charge >= 0.3 is 0 Å². The Balaban J connectivity index is 0.000000500. The van der Waals surface area contributed by atoms with Crippen LogP contribution < -0.4 is 0 Å². The molecule has 1 aromatic heterocycles. The molecule has 0 spiro atoms. The predicted molar refractivity (Wildman–Crippen MR) is 43.2 cm³/mol. The van der Waals surface area contributed by atoms with Crippen LogP contribution in [-0.2, 0) is 0 Å². The predicted octanol–water partition coefficient (Wildman–Crippen LogP) is 1.31. The van der Waals surface area contributed by atoms with Crippen molar-refractivity contribution in [3.05, 3.63) is 24.3 Å². The van der Waals surface area contributed by atoms with Gasteiger partial charge in [0.1, 0.15) is 5.52 Å². The highest BCUT2D eigenvalue weighted by Gasteiger charge is 1.91. The molecule has 0 atom stereocenters. The topological polar surface area (TPSA) is 25.8 Å². The van der Waals surface area contributed by atoms with Crippen molar-refractivity contribution in [3.63, 3.8) is 0 Å². The zero-order chi connectivity index (χ0) is 6.10. The number of hydrogen-bond acceptors (Lipinski definition) is 3. The number of nitrogens with zero attached hydrogens (tertiary/aromatic N) is 2. The van der Waals surface area contributed by atoms with Crippen molar-refractivity contribution < 1.29 is 0 Å². The van der Waals surface area contributed by atoms with Crippen molar-refractivity contribution >= 4 is 30.2 Å². The van der Waals surface area contributed by atoms with E-state index in [1.807, 2.05) is 24.3 Å². The average molecular weight is 147 g/mol. The lowest BCUT2D eigenvalue weighted by molar-refractivity contribution is 1.20. The molecule has 1 heterocycles. The molecule has 2 aromatic rings. The smallest absolute Gasteiger partial charge is 0.105 e. The molecule has 47 valence electrons. The van der Waals surface area contributed by atoms with Crippen LogP contribution in [0.5, 0.6) is 0 Å². The third kappa shape index (κ3) is 1.02. The fourth-order valence-electron chi connectivity index (χ4n) is 0.725. The number of benzene rings is 1. The van der Waals surface area contributed by atoms with Gasteiger partial charge in [-0.15, -0.1) is 5.10 Å². The van der Waals surface area contributed by atoms with Crippen LogP contribution in [0.3, 0.4) is 0 Å². The van der Waals surface area contributed by atoms with E-state index in [1.165, 1.54) is 11.5 Å². The van der Waals surface area contributed by atoms with Gasteiger partial charge in [0.05, 0.1) is 4.70 Å². The third-order valence-electron chi connectivity index (χ3n) is 1.15. The van der Waals surface area contributed by atoms with E-state index in [1.54, 1.807) is 0 Å². The molecule has 0 amide bonds. The van der Waals surface area contributed by atoms with Crippen LogP contribution in [0.25, 0.3) is 10.2 Å². The first kappa shape index (κ1) is 7.21. The first-order valence-electron chi connectivity index (χ1n) is 2.64. The van der Waals surface area contributed by atoms with E-state index >= 15 is 0 Å². The summed E-state index contributed by atoms with van der Waals surface area (Å²) in [6.45, 7) is 0. The summed E-state index contributed by atoms with van der Waals surface area (Å²) in [5, 5.41) is 3.89. The summed E-state index contributed by atoms with van der Waals surface area (Å²) < 4.78 is 4.94. The minimum absolute atomic E-state index is 0. The van der Waals surface area contributed by atoms with Gasteiger partial charge in [-0.1, -0.05) is 16.6 Å². The molecule has 4 heteroatoms. The van der Waals surface area contributed by atoms with E-state index in [0.717, 1.165) is 10.2 Å². The van der Waals surface area contributed by atoms with Crippen molar-refractivity contribution in [3.8, 4) is 0 Å². The number of aromatic nitrogens is 2. The monoisotopic (exact) mass is 147 g/mol. The van der Waals surface area contributed by atoms with Gasteiger partial charge in [-0.3, -0.25) is 0 Å². The second-order valence-electron chi connectivity index (χ2n) is 1.74. The van der Waals surface area contributed by atoms with Gasteiger partial charge in [0.2, 0.25) is 0 Å². The van der Waals surface area contributed by atoms with Crippen LogP contribution in [0.2, 0.25) is 0 Å². The molecule has 0 saturated heterocycles. The van der Waals surface area contributed by atoms with Gasteiger partial charge in [-0.25, -0.2) is 0 Å². The Hall–Kier alpha value is -0.895. The zero-order valence-electron chi connectivity index (χ0n) is 5.19. The second-order valence-corrected chi connectivity index (χ2v) is 2.53. The molecule has 0 fully saturated rings. The number of fused-ring (bicyclic) bond motifs is 1. The fraction of sp³-hybridized carbons (Fsp3) is 0. The molecule has 2 nitrogen and oxygen atoms in total. The van der Waals surface area contributed by atoms with Crippen LogP contribution in [0.1, 0.15) is 0 Å². The SMILES string of the molecule is [B].c1ccc2snnc2c1. The summed E-state index contributed by atoms with van der Waals surface area (Å²) in [5.74, 6) is 0. The van der Waals surface area contributed by atoms with Gasteiger partial charge < -0.3 is 0 Å². The van der Waals surface area contributed by atoms with Crippen molar-refractivity contribution in [2.24, 2.45) is 0 Å². The van der Waals surface area contributed by atoms with Crippen LogP contribution in [0.15, 0.2) is 24.3 Å². The quantitative estimate of drug-likeness (QED) is 0.525. The summed E-state index contributed by atoms with van der Waals surface area (Å²) in [7, 11) is 0. The third-order valence-corrected chi connectivity index (χ3v) is 1.86. The normalized spacial score (nSPS) is 9.20. The first-order chi connectivity index (χ1) is 4.47. The van der Waals surface area contributed by atoms with Gasteiger partial charge in [-0.05, 0) is 23.7 Å². The van der Waals surface area contributed by atoms with Crippen LogP contribution in [-0.4, -0.2) is 18.0 Å². The zero-order valence-corrected chi connectivity index (χ0v) is 6.01. The molecule has 0 saturated carbocycles. The van der Waals surface area contributed by atoms with Gasteiger partial charge in [0.25, 0.3) is 0 Å². The van der Waals surface area contributed by atoms with E-state index in [0.29, 0.717) is 0 Å². The molecule has 0 N–H and O–H groups in total. The Morgan fingerprint density at radius 1 is 1.20 bits per heavy atom. The molecule has 0 aliphatic heterocycles. The summed E-state index contributed by atoms with van der Waals surface area (Å²) in [4.78, 5) is 0. The molecule has 2 rings (SSSR count). The molecule has 0 aliphatic rings. The molecule has 10 heavy (non-hydrogen) atoms. The van der Waals surface area contributed by atoms with Gasteiger partial charge in [0.15, 0.2) is 0 Å². The first-order valence-corrected chi connectivity index (χ1v) is 3.41. The highest BCUT2D eigenvalue weighted by atomic mass is 32.1. The molecule has 3 radical (unpaired) electrons. The van der Waals surface area contributed by atoms with Gasteiger partial charge in [0, 0.05) is 8.41 Å². The Kier molecular flexibility index (Phi) is 2.01. The minimum Gasteiger partial charge on any atom is -0.138 e. The maximum Gasteiger partial charge on any atom is 0.105 e. The maximum absolute atomic E-state index is 3.89. The lowest BCUT2D eigenvalue weighted by Gasteiger charge is -1.78. The molecule has 0 unspecified atom stereocenters. The summed E-state index contributed by atoms with van der Waals surface area (Å²) in [6, 6.07) is 7.92. The molecular formula is C6H4BN2S. The minimum atomic E-state index is 0. The van der Waals surface area contributed by atoms with E-state index in [2.05, 4.69) is 9.59 Å². The molecule has 1 aromatic carbocycles. The van der Waals surface area contributed by atoms with E-state index in [9.17, 15) is 0 Å². The fourth-order valence-corrected chi connectivity index (χ4v) is 1.28. The van der Waals surface area contributed by atoms with Crippen molar-refractivity contribution in [2.75, 3.05) is 0 Å². The highest BCUT2D eigenvalue weighted by Crippen LogP contribution is 2.12. The lowest BCUT2D eigenvalue weighted by Crippen LogP contribution is -1.63. The van der Waals surface area contributed by atoms with Crippen LogP contribution >= 0.6 is 11.5 Å². The summed E-state index contributed by atoms with van der Waals surface area (Å²) >= 11 is 1.43. The summed E-state index contributed by atoms with van der Waals surface area (Å²) in [6.07, 6.45) is 0. The van der Waals surface area contributed by atoms with Crippen LogP contribution in [0.4, 0.5) is 0 Å². The Morgan fingerprint density at radius 3 is 2.80 bits per heavy atom. The summed E-state index contributed by atoms with van der Waals surface area (Å²) in [5.41, 5.74) is 0.988. The van der Waals surface area contributed by atoms with Crippen LogP contribution in [0, 0.1) is 0 Å². The van der Waals surface area contributed by atoms with Crippen molar-refractivity contribution in [1.29, 1.82) is 0 Å². The molecule has 0 aliphatic carbocycles. The number of rotatable bonds is 0. The molecular weight excluding hydrogens is 143 g/mol. The van der Waals surface area contributed by atoms with Crippen molar-refractivity contribution in [2.45, 2.75) is 0 Å². The van der Waals surface area contributed by atoms with E-state index < -0.39 is 0 Å². The second kappa shape index (κ2) is 2.79. The van der Waals surface area contributed by atoms with E-state index in [4.69, 9.17) is 0 Å². The standard InChI is InChI=1S/C6H4N2S.B/c1-2-4-6-5(3-1)7-8-9-6;/h1-4H;. The Labute approximate surface area is 64.6 Å². The van der Waals surface area contributed by atoms with Gasteiger partial charge in [-0.2, -0.15) is 0 Å². The van der Waals surface area contributed by atoms with Crippen molar-refractivity contribution in [1.82, 2.24) is 9.59 Å². The van der Waals surface area contributed by atoms with E-state index in [-0.39, 0.29) is 8.41 Å². The largest absolute Gasteiger partial charge is 0.138 e. The maximum atomic E-state index is 3.89. The lowest BCUT2D eigenvalue weighted by atomic mass is 10.3.